The summed E-state index contributed by atoms with van der Waals surface area (Å²) in [5.41, 5.74) is 0.885. The summed E-state index contributed by atoms with van der Waals surface area (Å²) < 4.78 is 5.12. The quantitative estimate of drug-likeness (QED) is 0.683. The molecule has 20 heavy (non-hydrogen) atoms. The average Bonchev–Trinajstić information content (AvgIpc) is 2.77. The summed E-state index contributed by atoms with van der Waals surface area (Å²) >= 11 is 5.97. The van der Waals surface area contributed by atoms with Crippen LogP contribution in [0.3, 0.4) is 0 Å². The van der Waals surface area contributed by atoms with Crippen LogP contribution >= 0.6 is 11.6 Å². The van der Waals surface area contributed by atoms with Crippen LogP contribution in [0.15, 0.2) is 30.9 Å². The number of hydrogen-bond acceptors (Lipinski definition) is 3. The van der Waals surface area contributed by atoms with Crippen molar-refractivity contribution < 1.29 is 14.3 Å². The van der Waals surface area contributed by atoms with E-state index in [-0.39, 0.29) is 6.61 Å². The first-order valence-corrected chi connectivity index (χ1v) is 6.77. The lowest BCUT2D eigenvalue weighted by Crippen LogP contribution is -2.55. The summed E-state index contributed by atoms with van der Waals surface area (Å²) in [4.78, 5) is 23.9. The van der Waals surface area contributed by atoms with E-state index < -0.39 is 17.4 Å². The smallest absolute Gasteiger partial charge is 0.332 e. The second-order valence-corrected chi connectivity index (χ2v) is 5.20. The predicted octanol–water partition coefficient (Wildman–Crippen LogP) is 2.04. The molecule has 0 aromatic heterocycles. The second-order valence-electron chi connectivity index (χ2n) is 4.76. The normalized spacial score (nSPS) is 20.1. The van der Waals surface area contributed by atoms with Gasteiger partial charge < -0.3 is 10.1 Å². The van der Waals surface area contributed by atoms with Crippen LogP contribution in [0, 0.1) is 0 Å². The van der Waals surface area contributed by atoms with Gasteiger partial charge in [0.15, 0.2) is 0 Å². The summed E-state index contributed by atoms with van der Waals surface area (Å²) in [6.45, 7) is 5.42. The highest BCUT2D eigenvalue weighted by atomic mass is 35.5. The van der Waals surface area contributed by atoms with Crippen LogP contribution in [0.1, 0.15) is 18.1 Å². The molecule has 5 heteroatoms. The van der Waals surface area contributed by atoms with Gasteiger partial charge in [0.05, 0.1) is 6.61 Å². The van der Waals surface area contributed by atoms with Crippen LogP contribution in [-0.2, 0) is 27.2 Å². The molecule has 1 amide bonds. The van der Waals surface area contributed by atoms with Crippen molar-refractivity contribution in [2.75, 3.05) is 6.61 Å². The zero-order chi connectivity index (χ0) is 14.8. The number of nitrogens with one attached hydrogen (secondary N) is 1. The van der Waals surface area contributed by atoms with Crippen LogP contribution < -0.4 is 5.32 Å². The number of ether oxygens (including phenoxy) is 1. The monoisotopic (exact) mass is 293 g/mol. The fourth-order valence-electron chi connectivity index (χ4n) is 2.48. The summed E-state index contributed by atoms with van der Waals surface area (Å²) in [5, 5.41) is 3.33. The van der Waals surface area contributed by atoms with Crippen LogP contribution in [0.25, 0.3) is 0 Å². The molecule has 0 radical (unpaired) electrons. The van der Waals surface area contributed by atoms with Crippen LogP contribution in [-0.4, -0.2) is 24.0 Å². The number of carbonyl (C=O) groups is 2. The minimum atomic E-state index is -1.06. The predicted molar refractivity (Wildman–Crippen MR) is 76.6 cm³/mol. The Labute approximate surface area is 122 Å². The molecular formula is C15H16ClNO3. The Morgan fingerprint density at radius 3 is 2.80 bits per heavy atom. The third-order valence-electron chi connectivity index (χ3n) is 3.37. The zero-order valence-corrected chi connectivity index (χ0v) is 12.0. The number of fused-ring (bicyclic) bond motifs is 1. The van der Waals surface area contributed by atoms with Crippen molar-refractivity contribution in [3.8, 4) is 0 Å². The van der Waals surface area contributed by atoms with E-state index in [1.165, 1.54) is 0 Å². The molecule has 0 saturated carbocycles. The van der Waals surface area contributed by atoms with Crippen molar-refractivity contribution in [1.29, 1.82) is 0 Å². The molecule has 1 aromatic carbocycles. The largest absolute Gasteiger partial charge is 0.464 e. The molecule has 1 atom stereocenters. The van der Waals surface area contributed by atoms with Gasteiger partial charge in [-0.3, -0.25) is 4.79 Å². The van der Waals surface area contributed by atoms with E-state index in [0.717, 1.165) is 17.2 Å². The van der Waals surface area contributed by atoms with Gasteiger partial charge in [0.1, 0.15) is 5.54 Å². The summed E-state index contributed by atoms with van der Waals surface area (Å²) in [6, 6.07) is 5.47. The maximum Gasteiger partial charge on any atom is 0.332 e. The lowest BCUT2D eigenvalue weighted by molar-refractivity contribution is -0.152. The number of amides is 1. The molecule has 106 valence electrons. The first-order valence-electron chi connectivity index (χ1n) is 6.40. The van der Waals surface area contributed by atoms with E-state index in [0.29, 0.717) is 17.9 Å². The summed E-state index contributed by atoms with van der Waals surface area (Å²) in [5.74, 6) is -0.820. The second kappa shape index (κ2) is 5.67. The Hall–Kier alpha value is -1.81. The van der Waals surface area contributed by atoms with Gasteiger partial charge in [-0.15, -0.1) is 0 Å². The van der Waals surface area contributed by atoms with Crippen molar-refractivity contribution in [2.45, 2.75) is 25.3 Å². The lowest BCUT2D eigenvalue weighted by atomic mass is 9.95. The van der Waals surface area contributed by atoms with Crippen LogP contribution in [0.2, 0.25) is 5.02 Å². The average molecular weight is 294 g/mol. The molecule has 0 spiro atoms. The standard InChI is InChI=1S/C15H16ClNO3/c1-3-13(18)17-15(14(19)20-4-2)8-10-5-6-12(16)7-11(10)9-15/h3,5-7H,1,4,8-9H2,2H3,(H,17,18). The Kier molecular flexibility index (Phi) is 4.14. The maximum absolute atomic E-state index is 12.3. The Bertz CT molecular complexity index is 570. The molecule has 2 rings (SSSR count). The SMILES string of the molecule is C=CC(=O)NC1(C(=O)OCC)Cc2ccc(Cl)cc2C1. The zero-order valence-electron chi connectivity index (χ0n) is 11.2. The third kappa shape index (κ3) is 2.70. The van der Waals surface area contributed by atoms with Crippen molar-refractivity contribution in [1.82, 2.24) is 5.32 Å². The minimum Gasteiger partial charge on any atom is -0.464 e. The highest BCUT2D eigenvalue weighted by Crippen LogP contribution is 2.33. The number of halogens is 1. The topological polar surface area (TPSA) is 55.4 Å². The number of esters is 1. The van der Waals surface area contributed by atoms with Gasteiger partial charge in [-0.1, -0.05) is 24.2 Å². The molecule has 0 aliphatic heterocycles. The molecule has 0 saturated heterocycles. The molecule has 1 N–H and O–H groups in total. The van der Waals surface area contributed by atoms with Gasteiger partial charge in [-0.25, -0.2) is 4.79 Å². The van der Waals surface area contributed by atoms with E-state index in [1.807, 2.05) is 12.1 Å². The van der Waals surface area contributed by atoms with Gasteiger partial charge in [0, 0.05) is 17.9 Å². The molecule has 0 bridgehead atoms. The minimum absolute atomic E-state index is 0.266. The van der Waals surface area contributed by atoms with E-state index >= 15 is 0 Å². The first-order chi connectivity index (χ1) is 9.50. The number of hydrogen-bond donors (Lipinski definition) is 1. The van der Waals surface area contributed by atoms with Crippen LogP contribution in [0.5, 0.6) is 0 Å². The van der Waals surface area contributed by atoms with Gasteiger partial charge in [-0.2, -0.15) is 0 Å². The van der Waals surface area contributed by atoms with Gasteiger partial charge >= 0.3 is 5.97 Å². The molecule has 4 nitrogen and oxygen atoms in total. The van der Waals surface area contributed by atoms with Gasteiger partial charge in [-0.05, 0) is 36.3 Å². The van der Waals surface area contributed by atoms with Crippen molar-refractivity contribution in [3.63, 3.8) is 0 Å². The molecule has 1 aromatic rings. The highest BCUT2D eigenvalue weighted by Gasteiger charge is 2.46. The number of carbonyl (C=O) groups excluding carboxylic acids is 2. The summed E-state index contributed by atoms with van der Waals surface area (Å²) in [7, 11) is 0. The Balaban J connectivity index is 2.34. The van der Waals surface area contributed by atoms with Crippen molar-refractivity contribution in [2.24, 2.45) is 0 Å². The summed E-state index contributed by atoms with van der Waals surface area (Å²) in [6.07, 6.45) is 1.93. The van der Waals surface area contributed by atoms with E-state index in [2.05, 4.69) is 11.9 Å². The number of rotatable bonds is 4. The molecule has 0 fully saturated rings. The Morgan fingerprint density at radius 2 is 2.15 bits per heavy atom. The molecule has 1 unspecified atom stereocenters. The molecule has 1 aliphatic rings. The lowest BCUT2D eigenvalue weighted by Gasteiger charge is -2.27. The Morgan fingerprint density at radius 1 is 1.45 bits per heavy atom. The highest BCUT2D eigenvalue weighted by molar-refractivity contribution is 6.30. The first kappa shape index (κ1) is 14.6. The van der Waals surface area contributed by atoms with Gasteiger partial charge in [0.2, 0.25) is 5.91 Å². The van der Waals surface area contributed by atoms with E-state index in [1.54, 1.807) is 13.0 Å². The fraction of sp³-hybridized carbons (Fsp3) is 0.333. The van der Waals surface area contributed by atoms with Crippen molar-refractivity contribution in [3.05, 3.63) is 47.0 Å². The third-order valence-corrected chi connectivity index (χ3v) is 3.60. The molecular weight excluding hydrogens is 278 g/mol. The van der Waals surface area contributed by atoms with E-state index in [9.17, 15) is 9.59 Å². The van der Waals surface area contributed by atoms with Crippen LogP contribution in [0.4, 0.5) is 0 Å². The number of benzene rings is 1. The fourth-order valence-corrected chi connectivity index (χ4v) is 2.68. The molecule has 1 aliphatic carbocycles. The molecule has 0 heterocycles. The van der Waals surface area contributed by atoms with Gasteiger partial charge in [0.25, 0.3) is 0 Å². The van der Waals surface area contributed by atoms with E-state index in [4.69, 9.17) is 16.3 Å². The maximum atomic E-state index is 12.3. The van der Waals surface area contributed by atoms with Crippen molar-refractivity contribution >= 4 is 23.5 Å².